The van der Waals surface area contributed by atoms with Gasteiger partial charge in [-0.15, -0.1) is 0 Å². The van der Waals surface area contributed by atoms with Crippen molar-refractivity contribution >= 4 is 40.2 Å². The molecule has 0 radical (unpaired) electrons. The summed E-state index contributed by atoms with van der Waals surface area (Å²) in [5, 5.41) is 9.37. The number of hydrogen-bond acceptors (Lipinski definition) is 2. The molecule has 0 heterocycles. The lowest BCUT2D eigenvalue weighted by molar-refractivity contribution is 0.0690. The largest absolute Gasteiger partial charge is 0.490 e. The van der Waals surface area contributed by atoms with E-state index in [2.05, 4.69) is 0 Å². The molecule has 0 atom stereocenters. The number of carbonyl (C=O) groups is 1. The zero-order valence-electron chi connectivity index (χ0n) is 8.25. The van der Waals surface area contributed by atoms with Gasteiger partial charge in [0.2, 0.25) is 0 Å². The van der Waals surface area contributed by atoms with Gasteiger partial charge in [-0.05, 0) is 48.6 Å². The highest BCUT2D eigenvalue weighted by atomic mass is 127. The molecule has 0 aliphatic rings. The van der Waals surface area contributed by atoms with E-state index in [-0.39, 0.29) is 11.7 Å². The van der Waals surface area contributed by atoms with Crippen LogP contribution in [0.3, 0.4) is 0 Å². The molecule has 0 aromatic heterocycles. The van der Waals surface area contributed by atoms with Gasteiger partial charge in [-0.1, -0.05) is 11.6 Å². The number of carboxylic acids is 1. The monoisotopic (exact) mass is 340 g/mol. The Hall–Kier alpha value is -0.490. The minimum absolute atomic E-state index is 0.0694. The molecule has 0 aliphatic carbocycles. The third-order valence-electron chi connectivity index (χ3n) is 1.62. The molecule has 5 heteroatoms. The van der Waals surface area contributed by atoms with Gasteiger partial charge < -0.3 is 9.84 Å². The van der Waals surface area contributed by atoms with Crippen LogP contribution in [0, 0.1) is 3.57 Å². The third kappa shape index (κ3) is 3.24. The van der Waals surface area contributed by atoms with Crippen LogP contribution in [0.15, 0.2) is 12.1 Å². The fourth-order valence-corrected chi connectivity index (χ4v) is 1.65. The van der Waals surface area contributed by atoms with E-state index in [1.54, 1.807) is 6.07 Å². The van der Waals surface area contributed by atoms with Gasteiger partial charge in [-0.2, -0.15) is 0 Å². The number of aromatic carboxylic acids is 1. The van der Waals surface area contributed by atoms with Crippen LogP contribution in [0.5, 0.6) is 5.75 Å². The van der Waals surface area contributed by atoms with Crippen molar-refractivity contribution in [2.45, 2.75) is 20.0 Å². The second kappa shape index (κ2) is 5.03. The van der Waals surface area contributed by atoms with Crippen LogP contribution in [0.2, 0.25) is 5.02 Å². The Morgan fingerprint density at radius 2 is 2.13 bits per heavy atom. The zero-order chi connectivity index (χ0) is 11.6. The molecule has 82 valence electrons. The van der Waals surface area contributed by atoms with Crippen molar-refractivity contribution in [2.75, 3.05) is 0 Å². The summed E-state index contributed by atoms with van der Waals surface area (Å²) in [5.74, 6) is -0.685. The van der Waals surface area contributed by atoms with Gasteiger partial charge in [0, 0.05) is 3.57 Å². The summed E-state index contributed by atoms with van der Waals surface area (Å²) in [6.45, 7) is 3.68. The van der Waals surface area contributed by atoms with E-state index in [1.807, 2.05) is 36.4 Å². The number of rotatable bonds is 3. The predicted octanol–water partition coefficient (Wildman–Crippen LogP) is 3.43. The molecule has 1 rings (SSSR count). The van der Waals surface area contributed by atoms with Crippen molar-refractivity contribution in [3.05, 3.63) is 26.3 Å². The van der Waals surface area contributed by atoms with E-state index in [4.69, 9.17) is 21.4 Å². The SMILES string of the molecule is CC(C)Oc1cc(I)c(Cl)cc1C(=O)O. The van der Waals surface area contributed by atoms with Crippen molar-refractivity contribution < 1.29 is 14.6 Å². The van der Waals surface area contributed by atoms with E-state index in [0.717, 1.165) is 3.57 Å². The summed E-state index contributed by atoms with van der Waals surface area (Å²) >= 11 is 7.87. The number of ether oxygens (including phenoxy) is 1. The van der Waals surface area contributed by atoms with Crippen LogP contribution in [-0.4, -0.2) is 17.2 Å². The van der Waals surface area contributed by atoms with E-state index in [9.17, 15) is 4.79 Å². The quantitative estimate of drug-likeness (QED) is 0.858. The topological polar surface area (TPSA) is 46.5 Å². The fraction of sp³-hybridized carbons (Fsp3) is 0.300. The molecule has 0 saturated carbocycles. The minimum atomic E-state index is -1.04. The first kappa shape index (κ1) is 12.6. The fourth-order valence-electron chi connectivity index (χ4n) is 1.05. The van der Waals surface area contributed by atoms with Crippen LogP contribution in [-0.2, 0) is 0 Å². The summed E-state index contributed by atoms with van der Waals surface area (Å²) in [7, 11) is 0. The zero-order valence-corrected chi connectivity index (χ0v) is 11.2. The Balaban J connectivity index is 3.22. The summed E-state index contributed by atoms with van der Waals surface area (Å²) in [4.78, 5) is 10.9. The van der Waals surface area contributed by atoms with Gasteiger partial charge in [0.1, 0.15) is 11.3 Å². The van der Waals surface area contributed by atoms with Crippen LogP contribution >= 0.6 is 34.2 Å². The molecular formula is C10H10ClIO3. The number of halogens is 2. The highest BCUT2D eigenvalue weighted by molar-refractivity contribution is 14.1. The highest BCUT2D eigenvalue weighted by Gasteiger charge is 2.15. The summed E-state index contributed by atoms with van der Waals surface area (Å²) in [5.41, 5.74) is 0.0918. The van der Waals surface area contributed by atoms with Gasteiger partial charge in [0.05, 0.1) is 11.1 Å². The molecule has 15 heavy (non-hydrogen) atoms. The van der Waals surface area contributed by atoms with Gasteiger partial charge >= 0.3 is 5.97 Å². The van der Waals surface area contributed by atoms with E-state index in [0.29, 0.717) is 10.8 Å². The van der Waals surface area contributed by atoms with Crippen molar-refractivity contribution in [2.24, 2.45) is 0 Å². The second-order valence-electron chi connectivity index (χ2n) is 3.23. The molecule has 1 aromatic rings. The van der Waals surface area contributed by atoms with E-state index in [1.165, 1.54) is 6.07 Å². The standard InChI is InChI=1S/C10H10ClIO3/c1-5(2)15-9-4-8(12)7(11)3-6(9)10(13)14/h3-5H,1-2H3,(H,13,14). The average molecular weight is 341 g/mol. The van der Waals surface area contributed by atoms with Gasteiger partial charge in [0.25, 0.3) is 0 Å². The molecule has 0 amide bonds. The summed E-state index contributed by atoms with van der Waals surface area (Å²) < 4.78 is 6.17. The van der Waals surface area contributed by atoms with Crippen molar-refractivity contribution in [1.82, 2.24) is 0 Å². The highest BCUT2D eigenvalue weighted by Crippen LogP contribution is 2.29. The Morgan fingerprint density at radius 3 is 2.60 bits per heavy atom. The molecule has 0 spiro atoms. The molecule has 0 saturated heterocycles. The maximum absolute atomic E-state index is 10.9. The summed E-state index contributed by atoms with van der Waals surface area (Å²) in [6.07, 6.45) is -0.0694. The molecule has 1 N–H and O–H groups in total. The number of hydrogen-bond donors (Lipinski definition) is 1. The lowest BCUT2D eigenvalue weighted by atomic mass is 10.2. The van der Waals surface area contributed by atoms with Crippen LogP contribution < -0.4 is 4.74 Å². The van der Waals surface area contributed by atoms with Crippen LogP contribution in [0.25, 0.3) is 0 Å². The first-order valence-electron chi connectivity index (χ1n) is 4.30. The Labute approximate surface area is 107 Å². The van der Waals surface area contributed by atoms with E-state index < -0.39 is 5.97 Å². The molecule has 0 bridgehead atoms. The molecular weight excluding hydrogens is 330 g/mol. The van der Waals surface area contributed by atoms with Gasteiger partial charge in [0.15, 0.2) is 0 Å². The third-order valence-corrected chi connectivity index (χ3v) is 3.14. The predicted molar refractivity (Wildman–Crippen MR) is 66.9 cm³/mol. The Morgan fingerprint density at radius 1 is 1.53 bits per heavy atom. The first-order valence-corrected chi connectivity index (χ1v) is 5.76. The van der Waals surface area contributed by atoms with Crippen molar-refractivity contribution in [3.63, 3.8) is 0 Å². The van der Waals surface area contributed by atoms with Crippen LogP contribution in [0.4, 0.5) is 0 Å². The molecule has 0 fully saturated rings. The number of carboxylic acid groups (broad SMARTS) is 1. The molecule has 0 aliphatic heterocycles. The lowest BCUT2D eigenvalue weighted by Gasteiger charge is -2.13. The van der Waals surface area contributed by atoms with Crippen LogP contribution in [0.1, 0.15) is 24.2 Å². The minimum Gasteiger partial charge on any atom is -0.490 e. The second-order valence-corrected chi connectivity index (χ2v) is 4.80. The normalized spacial score (nSPS) is 10.5. The van der Waals surface area contributed by atoms with Gasteiger partial charge in [-0.25, -0.2) is 4.79 Å². The maximum atomic E-state index is 10.9. The maximum Gasteiger partial charge on any atom is 0.339 e. The van der Waals surface area contributed by atoms with Crippen molar-refractivity contribution in [1.29, 1.82) is 0 Å². The molecule has 1 aromatic carbocycles. The molecule has 0 unspecified atom stereocenters. The van der Waals surface area contributed by atoms with E-state index >= 15 is 0 Å². The number of benzene rings is 1. The molecule has 3 nitrogen and oxygen atoms in total. The van der Waals surface area contributed by atoms with Crippen molar-refractivity contribution in [3.8, 4) is 5.75 Å². The Bertz CT molecular complexity index is 390. The summed E-state index contributed by atoms with van der Waals surface area (Å²) in [6, 6.07) is 3.04. The lowest BCUT2D eigenvalue weighted by Crippen LogP contribution is -2.10. The average Bonchev–Trinajstić information content (AvgIpc) is 2.09. The van der Waals surface area contributed by atoms with Gasteiger partial charge in [-0.3, -0.25) is 0 Å². The first-order chi connectivity index (χ1) is 6.91. The smallest absolute Gasteiger partial charge is 0.339 e. The Kier molecular flexibility index (Phi) is 4.21.